The molecule has 2 aromatic rings. The summed E-state index contributed by atoms with van der Waals surface area (Å²) < 4.78 is 14.2. The Kier molecular flexibility index (Phi) is 5.09. The molecule has 0 atom stereocenters. The molecule has 1 amide bonds. The fourth-order valence-electron chi connectivity index (χ4n) is 2.23. The van der Waals surface area contributed by atoms with Gasteiger partial charge in [0.05, 0.1) is 5.56 Å². The number of nitrogens with zero attached hydrogens (tertiary/aromatic N) is 1. The van der Waals surface area contributed by atoms with Crippen LogP contribution in [0.5, 0.6) is 0 Å². The first kappa shape index (κ1) is 15.2. The van der Waals surface area contributed by atoms with Crippen molar-refractivity contribution < 1.29 is 9.18 Å². The van der Waals surface area contributed by atoms with Gasteiger partial charge >= 0.3 is 0 Å². The van der Waals surface area contributed by atoms with Crippen LogP contribution < -0.4 is 4.90 Å². The van der Waals surface area contributed by atoms with Crippen molar-refractivity contribution in [2.45, 2.75) is 26.7 Å². The lowest BCUT2D eigenvalue weighted by molar-refractivity contribution is 0.0982. The fraction of sp³-hybridized carbons (Fsp3) is 0.278. The average molecular weight is 285 g/mol. The summed E-state index contributed by atoms with van der Waals surface area (Å²) in [7, 11) is 0. The van der Waals surface area contributed by atoms with Gasteiger partial charge in [-0.2, -0.15) is 0 Å². The number of carbonyl (C=O) groups is 1. The number of para-hydroxylation sites is 1. The van der Waals surface area contributed by atoms with Gasteiger partial charge in [-0.05, 0) is 37.1 Å². The van der Waals surface area contributed by atoms with Crippen LogP contribution in [0.15, 0.2) is 48.5 Å². The Labute approximate surface area is 125 Å². The van der Waals surface area contributed by atoms with Gasteiger partial charge in [-0.3, -0.25) is 4.79 Å². The maximum absolute atomic E-state index is 14.2. The molecule has 0 aliphatic heterocycles. The molecule has 110 valence electrons. The number of anilines is 1. The van der Waals surface area contributed by atoms with Crippen molar-refractivity contribution in [3.05, 3.63) is 65.5 Å². The van der Waals surface area contributed by atoms with Gasteiger partial charge in [0.15, 0.2) is 0 Å². The molecule has 21 heavy (non-hydrogen) atoms. The maximum Gasteiger partial charge on any atom is 0.261 e. The van der Waals surface area contributed by atoms with Gasteiger partial charge in [0.1, 0.15) is 5.82 Å². The molecule has 0 heterocycles. The van der Waals surface area contributed by atoms with Crippen LogP contribution >= 0.6 is 0 Å². The number of benzene rings is 2. The summed E-state index contributed by atoms with van der Waals surface area (Å²) in [4.78, 5) is 14.4. The summed E-state index contributed by atoms with van der Waals surface area (Å²) in [6.07, 6.45) is 1.86. The lowest BCUT2D eigenvalue weighted by Crippen LogP contribution is -2.32. The molecule has 3 heteroatoms. The van der Waals surface area contributed by atoms with Crippen molar-refractivity contribution in [1.82, 2.24) is 0 Å². The molecule has 2 rings (SSSR count). The highest BCUT2D eigenvalue weighted by molar-refractivity contribution is 6.06. The van der Waals surface area contributed by atoms with E-state index in [9.17, 15) is 9.18 Å². The molecule has 0 radical (unpaired) electrons. The molecule has 0 saturated heterocycles. The molecule has 0 unspecified atom stereocenters. The number of aryl methyl sites for hydroxylation is 1. The van der Waals surface area contributed by atoms with Crippen LogP contribution in [-0.2, 0) is 0 Å². The summed E-state index contributed by atoms with van der Waals surface area (Å²) in [6, 6.07) is 14.4. The van der Waals surface area contributed by atoms with Crippen molar-refractivity contribution in [2.24, 2.45) is 0 Å². The van der Waals surface area contributed by atoms with E-state index in [-0.39, 0.29) is 11.5 Å². The molecule has 0 saturated carbocycles. The molecular formula is C18H20FNO. The van der Waals surface area contributed by atoms with E-state index < -0.39 is 5.82 Å². The van der Waals surface area contributed by atoms with E-state index in [2.05, 4.69) is 6.92 Å². The van der Waals surface area contributed by atoms with E-state index in [4.69, 9.17) is 0 Å². The van der Waals surface area contributed by atoms with Gasteiger partial charge in [0.25, 0.3) is 5.91 Å². The van der Waals surface area contributed by atoms with Crippen LogP contribution in [0.3, 0.4) is 0 Å². The zero-order valence-corrected chi connectivity index (χ0v) is 12.5. The zero-order chi connectivity index (χ0) is 15.2. The quantitative estimate of drug-likeness (QED) is 0.787. The number of hydrogen-bond donors (Lipinski definition) is 0. The van der Waals surface area contributed by atoms with Crippen LogP contribution in [0.2, 0.25) is 0 Å². The number of rotatable bonds is 5. The average Bonchev–Trinajstić information content (AvgIpc) is 2.51. The van der Waals surface area contributed by atoms with Crippen LogP contribution in [-0.4, -0.2) is 12.5 Å². The smallest absolute Gasteiger partial charge is 0.261 e. The lowest BCUT2D eigenvalue weighted by Gasteiger charge is -2.23. The summed E-state index contributed by atoms with van der Waals surface area (Å²) in [5.74, 6) is -0.712. The third-order valence-corrected chi connectivity index (χ3v) is 3.47. The summed E-state index contributed by atoms with van der Waals surface area (Å²) in [5.41, 5.74) is 1.43. The molecule has 0 spiro atoms. The normalized spacial score (nSPS) is 10.4. The van der Waals surface area contributed by atoms with Gasteiger partial charge in [-0.25, -0.2) is 4.39 Å². The second kappa shape index (κ2) is 7.02. The third kappa shape index (κ3) is 3.48. The Balaban J connectivity index is 2.36. The summed E-state index contributed by atoms with van der Waals surface area (Å²) >= 11 is 0. The zero-order valence-electron chi connectivity index (χ0n) is 12.5. The van der Waals surface area contributed by atoms with Crippen molar-refractivity contribution in [3.8, 4) is 0 Å². The van der Waals surface area contributed by atoms with E-state index in [1.165, 1.54) is 0 Å². The fourth-order valence-corrected chi connectivity index (χ4v) is 2.23. The largest absolute Gasteiger partial charge is 0.308 e. The number of amides is 1. The third-order valence-electron chi connectivity index (χ3n) is 3.47. The first-order valence-corrected chi connectivity index (χ1v) is 7.27. The Morgan fingerprint density at radius 3 is 2.48 bits per heavy atom. The second-order valence-electron chi connectivity index (χ2n) is 5.08. The van der Waals surface area contributed by atoms with Crippen molar-refractivity contribution in [1.29, 1.82) is 0 Å². The molecule has 2 aromatic carbocycles. The number of carbonyl (C=O) groups excluding carboxylic acids is 1. The van der Waals surface area contributed by atoms with Crippen molar-refractivity contribution in [3.63, 3.8) is 0 Å². The summed E-state index contributed by atoms with van der Waals surface area (Å²) in [5, 5.41) is 0. The number of halogens is 1. The van der Waals surface area contributed by atoms with E-state index in [0.29, 0.717) is 12.1 Å². The van der Waals surface area contributed by atoms with Gasteiger partial charge in [-0.15, -0.1) is 0 Å². The van der Waals surface area contributed by atoms with Crippen molar-refractivity contribution >= 4 is 11.6 Å². The minimum absolute atomic E-state index is 0.134. The highest BCUT2D eigenvalue weighted by Crippen LogP contribution is 2.20. The number of hydrogen-bond acceptors (Lipinski definition) is 1. The Bertz CT molecular complexity index is 610. The monoisotopic (exact) mass is 285 g/mol. The van der Waals surface area contributed by atoms with Gasteiger partial charge < -0.3 is 4.90 Å². The molecule has 2 nitrogen and oxygen atoms in total. The molecule has 0 aliphatic rings. The maximum atomic E-state index is 14.2. The first-order valence-electron chi connectivity index (χ1n) is 7.27. The lowest BCUT2D eigenvalue weighted by atomic mass is 10.1. The molecule has 0 bridgehead atoms. The topological polar surface area (TPSA) is 20.3 Å². The Morgan fingerprint density at radius 1 is 1.10 bits per heavy atom. The van der Waals surface area contributed by atoms with Gasteiger partial charge in [0, 0.05) is 12.2 Å². The van der Waals surface area contributed by atoms with E-state index >= 15 is 0 Å². The van der Waals surface area contributed by atoms with Crippen LogP contribution in [0.25, 0.3) is 0 Å². The first-order chi connectivity index (χ1) is 10.1. The Morgan fingerprint density at radius 2 is 1.81 bits per heavy atom. The van der Waals surface area contributed by atoms with Crippen LogP contribution in [0.4, 0.5) is 10.1 Å². The predicted molar refractivity (Wildman–Crippen MR) is 84.2 cm³/mol. The summed E-state index contributed by atoms with van der Waals surface area (Å²) in [6.45, 7) is 4.33. The van der Waals surface area contributed by atoms with Crippen LogP contribution in [0, 0.1) is 12.7 Å². The van der Waals surface area contributed by atoms with Crippen molar-refractivity contribution in [2.75, 3.05) is 11.4 Å². The van der Waals surface area contributed by atoms with E-state index in [1.54, 1.807) is 30.0 Å². The SMILES string of the molecule is CCCCN(C(=O)c1cccc(C)c1F)c1ccccc1. The second-order valence-corrected chi connectivity index (χ2v) is 5.08. The molecule has 0 aliphatic carbocycles. The molecule has 0 N–H and O–H groups in total. The Hall–Kier alpha value is -2.16. The minimum atomic E-state index is -0.431. The number of unbranched alkanes of at least 4 members (excludes halogenated alkanes) is 1. The molecule has 0 aromatic heterocycles. The minimum Gasteiger partial charge on any atom is -0.308 e. The highest BCUT2D eigenvalue weighted by atomic mass is 19.1. The van der Waals surface area contributed by atoms with Gasteiger partial charge in [-0.1, -0.05) is 43.7 Å². The standard InChI is InChI=1S/C18H20FNO/c1-3-4-13-20(15-10-6-5-7-11-15)18(21)16-12-8-9-14(2)17(16)19/h5-12H,3-4,13H2,1-2H3. The van der Waals surface area contributed by atoms with E-state index in [1.807, 2.05) is 30.3 Å². The van der Waals surface area contributed by atoms with Gasteiger partial charge in [0.2, 0.25) is 0 Å². The predicted octanol–water partition coefficient (Wildman–Crippen LogP) is 4.58. The van der Waals surface area contributed by atoms with Crippen LogP contribution in [0.1, 0.15) is 35.7 Å². The molecular weight excluding hydrogens is 265 g/mol. The molecule has 0 fully saturated rings. The van der Waals surface area contributed by atoms with E-state index in [0.717, 1.165) is 18.5 Å². The highest BCUT2D eigenvalue weighted by Gasteiger charge is 2.20.